The maximum Gasteiger partial charge on any atom is 0.319 e. The highest BCUT2D eigenvalue weighted by atomic mass is 35.5. The number of pyridine rings is 1. The van der Waals surface area contributed by atoms with Gasteiger partial charge in [0.25, 0.3) is 0 Å². The van der Waals surface area contributed by atoms with Crippen molar-refractivity contribution in [3.63, 3.8) is 0 Å². The van der Waals surface area contributed by atoms with Gasteiger partial charge in [-0.25, -0.2) is 4.79 Å². The molecule has 0 saturated carbocycles. The van der Waals surface area contributed by atoms with Gasteiger partial charge in [0.1, 0.15) is 12.4 Å². The van der Waals surface area contributed by atoms with Crippen LogP contribution in [0.4, 0.5) is 10.5 Å². The molecule has 0 radical (unpaired) electrons. The van der Waals surface area contributed by atoms with E-state index in [4.69, 9.17) is 21.4 Å². The molecule has 1 unspecified atom stereocenters. The van der Waals surface area contributed by atoms with Gasteiger partial charge in [0.2, 0.25) is 0 Å². The van der Waals surface area contributed by atoms with Crippen LogP contribution in [-0.4, -0.2) is 28.8 Å². The van der Waals surface area contributed by atoms with Crippen molar-refractivity contribution in [2.24, 2.45) is 0 Å². The molecule has 0 spiro atoms. The summed E-state index contributed by atoms with van der Waals surface area (Å²) in [6.45, 7) is 2.30. The number of ether oxygens (including phenoxy) is 1. The molecule has 6 nitrogen and oxygen atoms in total. The lowest BCUT2D eigenvalue weighted by molar-refractivity contribution is 0.237. The Bertz CT molecular complexity index is 683. The second kappa shape index (κ2) is 9.86. The second-order valence-corrected chi connectivity index (χ2v) is 5.88. The molecule has 0 saturated heterocycles. The van der Waals surface area contributed by atoms with Crippen molar-refractivity contribution in [2.75, 3.05) is 11.9 Å². The minimum absolute atomic E-state index is 0.0346. The number of aromatic nitrogens is 1. The van der Waals surface area contributed by atoms with Crippen LogP contribution < -0.4 is 15.4 Å². The van der Waals surface area contributed by atoms with Gasteiger partial charge in [-0.15, -0.1) is 0 Å². The standard InChI is InChI=1S/C18H22ClN3O3/c1-2-13(8-10-23)21-18(24)22-14-6-7-17(16(19)11-14)25-12-15-5-3-4-9-20-15/h3-7,9,11,13,23H,2,8,10,12H2,1H3,(H2,21,22,24). The van der Waals surface area contributed by atoms with Gasteiger partial charge in [-0.3, -0.25) is 4.98 Å². The van der Waals surface area contributed by atoms with Crippen LogP contribution in [0.5, 0.6) is 5.75 Å². The van der Waals surface area contributed by atoms with E-state index in [1.165, 1.54) is 0 Å². The molecule has 3 N–H and O–H groups in total. The summed E-state index contributed by atoms with van der Waals surface area (Å²) in [6, 6.07) is 10.2. The third kappa shape index (κ3) is 6.25. The van der Waals surface area contributed by atoms with Crippen LogP contribution in [0.3, 0.4) is 0 Å². The first-order valence-electron chi connectivity index (χ1n) is 8.13. The Morgan fingerprint density at radius 2 is 2.20 bits per heavy atom. The van der Waals surface area contributed by atoms with Crippen LogP contribution in [-0.2, 0) is 6.61 Å². The molecule has 0 fully saturated rings. The lowest BCUT2D eigenvalue weighted by Crippen LogP contribution is -2.38. The number of aliphatic hydroxyl groups excluding tert-OH is 1. The van der Waals surface area contributed by atoms with Crippen LogP contribution in [0.1, 0.15) is 25.5 Å². The average Bonchev–Trinajstić information content (AvgIpc) is 2.61. The quantitative estimate of drug-likeness (QED) is 0.669. The fraction of sp³-hybridized carbons (Fsp3) is 0.333. The molecule has 25 heavy (non-hydrogen) atoms. The van der Waals surface area contributed by atoms with E-state index in [-0.39, 0.29) is 18.7 Å². The molecule has 7 heteroatoms. The van der Waals surface area contributed by atoms with E-state index in [1.54, 1.807) is 24.4 Å². The number of hydrogen-bond donors (Lipinski definition) is 3. The fourth-order valence-electron chi connectivity index (χ4n) is 2.22. The number of nitrogens with one attached hydrogen (secondary N) is 2. The second-order valence-electron chi connectivity index (χ2n) is 5.47. The van der Waals surface area contributed by atoms with Gasteiger partial charge in [0.15, 0.2) is 0 Å². The topological polar surface area (TPSA) is 83.5 Å². The Morgan fingerprint density at radius 3 is 2.84 bits per heavy atom. The van der Waals surface area contributed by atoms with E-state index < -0.39 is 0 Å². The number of urea groups is 1. The lowest BCUT2D eigenvalue weighted by atomic mass is 10.2. The van der Waals surface area contributed by atoms with Crippen LogP contribution in [0, 0.1) is 0 Å². The zero-order chi connectivity index (χ0) is 18.1. The number of carbonyl (C=O) groups is 1. The van der Waals surface area contributed by atoms with Crippen LogP contribution in [0.2, 0.25) is 5.02 Å². The molecule has 1 atom stereocenters. The summed E-state index contributed by atoms with van der Waals surface area (Å²) in [5.74, 6) is 0.519. The molecule has 0 aliphatic heterocycles. The summed E-state index contributed by atoms with van der Waals surface area (Å²) in [7, 11) is 0. The first-order chi connectivity index (χ1) is 12.1. The predicted molar refractivity (Wildman–Crippen MR) is 98.0 cm³/mol. The number of nitrogens with zero attached hydrogens (tertiary/aromatic N) is 1. The zero-order valence-electron chi connectivity index (χ0n) is 14.0. The van der Waals surface area contributed by atoms with Gasteiger partial charge in [-0.05, 0) is 43.2 Å². The normalized spacial score (nSPS) is 11.6. The van der Waals surface area contributed by atoms with Gasteiger partial charge in [0.05, 0.1) is 10.7 Å². The van der Waals surface area contributed by atoms with Crippen molar-refractivity contribution >= 4 is 23.3 Å². The summed E-state index contributed by atoms with van der Waals surface area (Å²) < 4.78 is 5.65. The molecule has 0 aliphatic carbocycles. The maximum absolute atomic E-state index is 12.0. The maximum atomic E-state index is 12.0. The van der Waals surface area contributed by atoms with Crippen molar-refractivity contribution in [3.05, 3.63) is 53.3 Å². The minimum Gasteiger partial charge on any atom is -0.486 e. The van der Waals surface area contributed by atoms with E-state index in [0.717, 1.165) is 12.1 Å². The summed E-state index contributed by atoms with van der Waals surface area (Å²) in [6.07, 6.45) is 2.96. The minimum atomic E-state index is -0.335. The smallest absolute Gasteiger partial charge is 0.319 e. The molecule has 1 heterocycles. The molecule has 2 rings (SSSR count). The Morgan fingerprint density at radius 1 is 1.36 bits per heavy atom. The highest BCUT2D eigenvalue weighted by Gasteiger charge is 2.11. The third-order valence-electron chi connectivity index (χ3n) is 3.60. The third-order valence-corrected chi connectivity index (χ3v) is 3.89. The molecule has 1 aromatic carbocycles. The number of aliphatic hydroxyl groups is 1. The summed E-state index contributed by atoms with van der Waals surface area (Å²) in [5, 5.41) is 14.9. The summed E-state index contributed by atoms with van der Waals surface area (Å²) >= 11 is 6.21. The molecule has 0 aliphatic rings. The van der Waals surface area contributed by atoms with E-state index in [0.29, 0.717) is 29.5 Å². The van der Waals surface area contributed by atoms with E-state index in [1.807, 2.05) is 25.1 Å². The predicted octanol–water partition coefficient (Wildman–Crippen LogP) is 3.60. The monoisotopic (exact) mass is 363 g/mol. The number of anilines is 1. The molecule has 0 bridgehead atoms. The first kappa shape index (κ1) is 19.0. The largest absolute Gasteiger partial charge is 0.486 e. The molecule has 2 aromatic rings. The highest BCUT2D eigenvalue weighted by molar-refractivity contribution is 6.32. The SMILES string of the molecule is CCC(CCO)NC(=O)Nc1ccc(OCc2ccccn2)c(Cl)c1. The van der Waals surface area contributed by atoms with Crippen LogP contribution in [0.15, 0.2) is 42.6 Å². The van der Waals surface area contributed by atoms with Crippen LogP contribution >= 0.6 is 11.6 Å². The van der Waals surface area contributed by atoms with Crippen molar-refractivity contribution in [1.82, 2.24) is 10.3 Å². The van der Waals surface area contributed by atoms with Gasteiger partial charge < -0.3 is 20.5 Å². The number of halogens is 1. The number of benzene rings is 1. The average molecular weight is 364 g/mol. The van der Waals surface area contributed by atoms with Crippen molar-refractivity contribution in [2.45, 2.75) is 32.4 Å². The number of carbonyl (C=O) groups excluding carboxylic acids is 1. The van der Waals surface area contributed by atoms with Gasteiger partial charge in [-0.1, -0.05) is 24.6 Å². The van der Waals surface area contributed by atoms with Crippen LogP contribution in [0.25, 0.3) is 0 Å². The Hall–Kier alpha value is -2.31. The van der Waals surface area contributed by atoms with Crippen molar-refractivity contribution < 1.29 is 14.6 Å². The van der Waals surface area contributed by atoms with Gasteiger partial charge >= 0.3 is 6.03 Å². The Labute approximate surface area is 152 Å². The van der Waals surface area contributed by atoms with Gasteiger partial charge in [-0.2, -0.15) is 0 Å². The van der Waals surface area contributed by atoms with E-state index in [2.05, 4.69) is 15.6 Å². The first-order valence-corrected chi connectivity index (χ1v) is 8.50. The molecule has 1 aromatic heterocycles. The lowest BCUT2D eigenvalue weighted by Gasteiger charge is -2.16. The Balaban J connectivity index is 1.91. The summed E-state index contributed by atoms with van der Waals surface area (Å²) in [5.41, 5.74) is 1.36. The summed E-state index contributed by atoms with van der Waals surface area (Å²) in [4.78, 5) is 16.2. The highest BCUT2D eigenvalue weighted by Crippen LogP contribution is 2.28. The molecule has 2 amide bonds. The van der Waals surface area contributed by atoms with E-state index in [9.17, 15) is 4.79 Å². The van der Waals surface area contributed by atoms with Gasteiger partial charge in [0, 0.05) is 24.5 Å². The zero-order valence-corrected chi connectivity index (χ0v) is 14.8. The molecule has 134 valence electrons. The molecular formula is C18H22ClN3O3. The number of amides is 2. The number of rotatable bonds is 8. The number of hydrogen-bond acceptors (Lipinski definition) is 4. The molecular weight excluding hydrogens is 342 g/mol. The van der Waals surface area contributed by atoms with Crippen molar-refractivity contribution in [1.29, 1.82) is 0 Å². The Kier molecular flexibility index (Phi) is 7.50. The fourth-order valence-corrected chi connectivity index (χ4v) is 2.45. The van der Waals surface area contributed by atoms with Crippen molar-refractivity contribution in [3.8, 4) is 5.75 Å². The van der Waals surface area contributed by atoms with E-state index >= 15 is 0 Å².